The Kier molecular flexibility index (Phi) is 5.20. The Balaban J connectivity index is 2.73. The van der Waals surface area contributed by atoms with Gasteiger partial charge in [0.05, 0.1) is 5.75 Å². The van der Waals surface area contributed by atoms with E-state index in [-0.39, 0.29) is 17.7 Å². The molecule has 1 aromatic rings. The van der Waals surface area contributed by atoms with Crippen molar-refractivity contribution in [3.63, 3.8) is 0 Å². The lowest BCUT2D eigenvalue weighted by Crippen LogP contribution is -2.41. The summed E-state index contributed by atoms with van der Waals surface area (Å²) < 4.78 is 34.7. The number of halogens is 1. The SMILES string of the molecule is CS(=O)(=O)CCC(NC(=O)c1ccc(F)cc1)C(=O)O. The standard InChI is InChI=1S/C12H14FNO5S/c1-20(18,19)7-6-10(12(16)17)14-11(15)8-2-4-9(13)5-3-8/h2-5,10H,6-7H2,1H3,(H,14,15)(H,16,17). The molecule has 0 bridgehead atoms. The van der Waals surface area contributed by atoms with Gasteiger partial charge in [0.25, 0.3) is 5.91 Å². The molecule has 0 radical (unpaired) electrons. The summed E-state index contributed by atoms with van der Waals surface area (Å²) in [5, 5.41) is 11.1. The molecule has 0 aromatic heterocycles. The monoisotopic (exact) mass is 303 g/mol. The molecule has 0 aliphatic rings. The zero-order valence-electron chi connectivity index (χ0n) is 10.7. The van der Waals surface area contributed by atoms with E-state index in [1.54, 1.807) is 0 Å². The summed E-state index contributed by atoms with van der Waals surface area (Å²) in [5.74, 6) is -2.91. The van der Waals surface area contributed by atoms with Crippen molar-refractivity contribution in [2.24, 2.45) is 0 Å². The predicted molar refractivity (Wildman–Crippen MR) is 69.6 cm³/mol. The van der Waals surface area contributed by atoms with Crippen LogP contribution in [0.25, 0.3) is 0 Å². The first kappa shape index (κ1) is 16.1. The molecule has 1 aromatic carbocycles. The Morgan fingerprint density at radius 1 is 1.30 bits per heavy atom. The first-order valence-electron chi connectivity index (χ1n) is 5.66. The van der Waals surface area contributed by atoms with Crippen LogP contribution in [0.1, 0.15) is 16.8 Å². The number of aliphatic carboxylic acids is 1. The number of carboxylic acid groups (broad SMARTS) is 1. The maximum atomic E-state index is 12.7. The van der Waals surface area contributed by atoms with Crippen molar-refractivity contribution in [2.45, 2.75) is 12.5 Å². The third-order valence-corrected chi connectivity index (χ3v) is 3.46. The highest BCUT2D eigenvalue weighted by Gasteiger charge is 2.22. The Morgan fingerprint density at radius 3 is 2.30 bits per heavy atom. The Labute approximate surface area is 115 Å². The number of amides is 1. The van der Waals surface area contributed by atoms with Gasteiger partial charge in [-0.1, -0.05) is 0 Å². The molecule has 1 atom stereocenters. The van der Waals surface area contributed by atoms with Gasteiger partial charge < -0.3 is 10.4 Å². The molecular weight excluding hydrogens is 289 g/mol. The van der Waals surface area contributed by atoms with E-state index in [1.807, 2.05) is 0 Å². The van der Waals surface area contributed by atoms with Crippen molar-refractivity contribution in [1.29, 1.82) is 0 Å². The second-order valence-corrected chi connectivity index (χ2v) is 6.55. The van der Waals surface area contributed by atoms with Gasteiger partial charge in [0.1, 0.15) is 21.7 Å². The van der Waals surface area contributed by atoms with E-state index < -0.39 is 33.6 Å². The number of rotatable bonds is 6. The van der Waals surface area contributed by atoms with Crippen molar-refractivity contribution in [3.8, 4) is 0 Å². The van der Waals surface area contributed by atoms with E-state index in [4.69, 9.17) is 5.11 Å². The third kappa shape index (κ3) is 5.35. The molecule has 1 unspecified atom stereocenters. The molecule has 0 fully saturated rings. The van der Waals surface area contributed by atoms with Crippen molar-refractivity contribution in [1.82, 2.24) is 5.32 Å². The summed E-state index contributed by atoms with van der Waals surface area (Å²) in [4.78, 5) is 22.7. The highest BCUT2D eigenvalue weighted by Crippen LogP contribution is 2.04. The lowest BCUT2D eigenvalue weighted by molar-refractivity contribution is -0.139. The van der Waals surface area contributed by atoms with Gasteiger partial charge in [-0.05, 0) is 30.7 Å². The Hall–Kier alpha value is -1.96. The van der Waals surface area contributed by atoms with Gasteiger partial charge >= 0.3 is 5.97 Å². The lowest BCUT2D eigenvalue weighted by atomic mass is 10.1. The molecule has 20 heavy (non-hydrogen) atoms. The van der Waals surface area contributed by atoms with Crippen molar-refractivity contribution < 1.29 is 27.5 Å². The van der Waals surface area contributed by atoms with E-state index in [2.05, 4.69) is 5.32 Å². The van der Waals surface area contributed by atoms with Gasteiger partial charge in [0, 0.05) is 11.8 Å². The number of carbonyl (C=O) groups is 2. The molecule has 0 aliphatic carbocycles. The number of benzene rings is 1. The van der Waals surface area contributed by atoms with Crippen molar-refractivity contribution in [2.75, 3.05) is 12.0 Å². The molecule has 6 nitrogen and oxygen atoms in total. The fraction of sp³-hybridized carbons (Fsp3) is 0.333. The summed E-state index contributed by atoms with van der Waals surface area (Å²) in [6, 6.07) is 3.24. The van der Waals surface area contributed by atoms with E-state index in [1.165, 1.54) is 12.1 Å². The van der Waals surface area contributed by atoms with E-state index in [0.717, 1.165) is 18.4 Å². The quantitative estimate of drug-likeness (QED) is 0.794. The van der Waals surface area contributed by atoms with Gasteiger partial charge in [-0.15, -0.1) is 0 Å². The zero-order valence-corrected chi connectivity index (χ0v) is 11.5. The maximum Gasteiger partial charge on any atom is 0.326 e. The van der Waals surface area contributed by atoms with Gasteiger partial charge in [-0.3, -0.25) is 4.79 Å². The predicted octanol–water partition coefficient (Wildman–Crippen LogP) is 0.443. The minimum atomic E-state index is -3.32. The highest BCUT2D eigenvalue weighted by molar-refractivity contribution is 7.90. The number of hydrogen-bond donors (Lipinski definition) is 2. The van der Waals surface area contributed by atoms with Gasteiger partial charge in [0.2, 0.25) is 0 Å². The van der Waals surface area contributed by atoms with Crippen LogP contribution in [0.4, 0.5) is 4.39 Å². The maximum absolute atomic E-state index is 12.7. The Morgan fingerprint density at radius 2 is 1.85 bits per heavy atom. The van der Waals surface area contributed by atoms with Crippen molar-refractivity contribution in [3.05, 3.63) is 35.6 Å². The number of nitrogens with one attached hydrogen (secondary N) is 1. The van der Waals surface area contributed by atoms with Crippen molar-refractivity contribution >= 4 is 21.7 Å². The second-order valence-electron chi connectivity index (χ2n) is 4.29. The first-order valence-corrected chi connectivity index (χ1v) is 7.72. The van der Waals surface area contributed by atoms with Crippen LogP contribution in [-0.2, 0) is 14.6 Å². The smallest absolute Gasteiger partial charge is 0.326 e. The van der Waals surface area contributed by atoms with Gasteiger partial charge in [-0.25, -0.2) is 17.6 Å². The molecule has 2 N–H and O–H groups in total. The Bertz CT molecular complexity index is 597. The molecular formula is C12H14FNO5S. The molecule has 0 heterocycles. The van der Waals surface area contributed by atoms with Crippen LogP contribution in [0, 0.1) is 5.82 Å². The minimum Gasteiger partial charge on any atom is -0.480 e. The third-order valence-electron chi connectivity index (χ3n) is 2.49. The van der Waals surface area contributed by atoms with E-state index in [0.29, 0.717) is 0 Å². The van der Waals surface area contributed by atoms with E-state index in [9.17, 15) is 22.4 Å². The topological polar surface area (TPSA) is 101 Å². The molecule has 0 saturated heterocycles. The minimum absolute atomic E-state index is 0.0944. The second kappa shape index (κ2) is 6.47. The number of carbonyl (C=O) groups excluding carboxylic acids is 1. The van der Waals surface area contributed by atoms with Crippen LogP contribution >= 0.6 is 0 Å². The van der Waals surface area contributed by atoms with Crippen LogP contribution in [0.2, 0.25) is 0 Å². The van der Waals surface area contributed by atoms with Crippen LogP contribution in [-0.4, -0.2) is 43.5 Å². The van der Waals surface area contributed by atoms with Crippen LogP contribution in [0.15, 0.2) is 24.3 Å². The summed E-state index contributed by atoms with van der Waals surface area (Å²) in [6.07, 6.45) is 0.745. The number of hydrogen-bond acceptors (Lipinski definition) is 4. The molecule has 8 heteroatoms. The van der Waals surface area contributed by atoms with Crippen LogP contribution < -0.4 is 5.32 Å². The summed E-state index contributed by atoms with van der Waals surface area (Å²) in [6.45, 7) is 0. The number of sulfone groups is 1. The van der Waals surface area contributed by atoms with Gasteiger partial charge in [-0.2, -0.15) is 0 Å². The molecule has 0 aliphatic heterocycles. The van der Waals surface area contributed by atoms with Crippen LogP contribution in [0.5, 0.6) is 0 Å². The lowest BCUT2D eigenvalue weighted by Gasteiger charge is -2.14. The van der Waals surface area contributed by atoms with Gasteiger partial charge in [0.15, 0.2) is 0 Å². The molecule has 0 saturated carbocycles. The van der Waals surface area contributed by atoms with Crippen LogP contribution in [0.3, 0.4) is 0 Å². The average Bonchev–Trinajstić information content (AvgIpc) is 2.33. The molecule has 110 valence electrons. The largest absolute Gasteiger partial charge is 0.480 e. The highest BCUT2D eigenvalue weighted by atomic mass is 32.2. The normalized spacial score (nSPS) is 12.7. The molecule has 0 spiro atoms. The fourth-order valence-corrected chi connectivity index (χ4v) is 2.10. The van der Waals surface area contributed by atoms with E-state index >= 15 is 0 Å². The molecule has 1 amide bonds. The summed E-state index contributed by atoms with van der Waals surface area (Å²) in [5.41, 5.74) is 0.0944. The fourth-order valence-electron chi connectivity index (χ4n) is 1.43. The first-order chi connectivity index (χ1) is 9.19. The average molecular weight is 303 g/mol. The summed E-state index contributed by atoms with van der Waals surface area (Å²) in [7, 11) is -3.32. The summed E-state index contributed by atoms with van der Waals surface area (Å²) >= 11 is 0. The zero-order chi connectivity index (χ0) is 15.3. The number of carboxylic acids is 1. The molecule has 1 rings (SSSR count).